The summed E-state index contributed by atoms with van der Waals surface area (Å²) >= 11 is 2.00. The number of nitrogens with one attached hydrogen (secondary N) is 1. The van der Waals surface area contributed by atoms with Crippen LogP contribution in [-0.2, 0) is 0 Å². The van der Waals surface area contributed by atoms with E-state index in [1.807, 2.05) is 42.1 Å². The Morgan fingerprint density at radius 2 is 2.06 bits per heavy atom. The third-order valence-corrected chi connectivity index (χ3v) is 3.44. The Hall–Kier alpha value is -0.670. The summed E-state index contributed by atoms with van der Waals surface area (Å²) in [5.74, 6) is 3.40. The molecule has 0 aliphatic rings. The summed E-state index contributed by atoms with van der Waals surface area (Å²) in [5, 5.41) is 3.47. The first-order valence-electron chi connectivity index (χ1n) is 6.32. The van der Waals surface area contributed by atoms with Crippen molar-refractivity contribution in [3.8, 4) is 5.75 Å². The van der Waals surface area contributed by atoms with Gasteiger partial charge in [0.25, 0.3) is 0 Å². The first-order chi connectivity index (χ1) is 8.33. The van der Waals surface area contributed by atoms with Crippen LogP contribution in [0.15, 0.2) is 30.3 Å². The molecule has 2 nitrogen and oxygen atoms in total. The summed E-state index contributed by atoms with van der Waals surface area (Å²) < 4.78 is 5.61. The fourth-order valence-electron chi connectivity index (χ4n) is 1.50. The van der Waals surface area contributed by atoms with Crippen LogP contribution in [0.2, 0.25) is 0 Å². The molecule has 0 heterocycles. The lowest BCUT2D eigenvalue weighted by atomic mass is 10.2. The number of para-hydroxylation sites is 1. The Balaban J connectivity index is 2.00. The van der Waals surface area contributed by atoms with Crippen LogP contribution in [0.1, 0.15) is 20.3 Å². The minimum atomic E-state index is 0.577. The molecule has 0 aliphatic carbocycles. The van der Waals surface area contributed by atoms with Crippen LogP contribution in [-0.4, -0.2) is 30.7 Å². The van der Waals surface area contributed by atoms with Crippen molar-refractivity contribution >= 4 is 11.8 Å². The van der Waals surface area contributed by atoms with Crippen molar-refractivity contribution < 1.29 is 4.74 Å². The molecule has 1 unspecified atom stereocenters. The number of benzene rings is 1. The monoisotopic (exact) mass is 253 g/mol. The summed E-state index contributed by atoms with van der Waals surface area (Å²) in [6.45, 7) is 6.08. The van der Waals surface area contributed by atoms with E-state index < -0.39 is 0 Å². The maximum Gasteiger partial charge on any atom is 0.119 e. The van der Waals surface area contributed by atoms with Crippen molar-refractivity contribution in [2.24, 2.45) is 0 Å². The van der Waals surface area contributed by atoms with Gasteiger partial charge in [-0.15, -0.1) is 0 Å². The molecule has 1 atom stereocenters. The van der Waals surface area contributed by atoms with Crippen molar-refractivity contribution in [2.45, 2.75) is 26.3 Å². The lowest BCUT2D eigenvalue weighted by molar-refractivity contribution is 0.306. The third kappa shape index (κ3) is 7.29. The summed E-state index contributed by atoms with van der Waals surface area (Å²) in [6, 6.07) is 10.5. The van der Waals surface area contributed by atoms with E-state index in [1.165, 1.54) is 17.9 Å². The largest absolute Gasteiger partial charge is 0.492 e. The van der Waals surface area contributed by atoms with Crippen molar-refractivity contribution in [1.82, 2.24) is 5.32 Å². The van der Waals surface area contributed by atoms with E-state index in [4.69, 9.17) is 4.74 Å². The van der Waals surface area contributed by atoms with Gasteiger partial charge in [-0.25, -0.2) is 0 Å². The maximum atomic E-state index is 5.61. The lowest BCUT2D eigenvalue weighted by Gasteiger charge is -2.13. The number of rotatable bonds is 9. The maximum absolute atomic E-state index is 5.61. The second-order valence-electron chi connectivity index (χ2n) is 4.00. The zero-order chi connectivity index (χ0) is 12.3. The van der Waals surface area contributed by atoms with Crippen LogP contribution in [0.4, 0.5) is 0 Å². The van der Waals surface area contributed by atoms with Gasteiger partial charge in [-0.3, -0.25) is 0 Å². The molecular formula is C14H23NOS. The van der Waals surface area contributed by atoms with Gasteiger partial charge in [-0.2, -0.15) is 11.8 Å². The van der Waals surface area contributed by atoms with Crippen molar-refractivity contribution in [3.05, 3.63) is 30.3 Å². The highest BCUT2D eigenvalue weighted by Gasteiger charge is 2.00. The average molecular weight is 253 g/mol. The fourth-order valence-corrected chi connectivity index (χ4v) is 2.31. The third-order valence-electron chi connectivity index (χ3n) is 2.51. The zero-order valence-electron chi connectivity index (χ0n) is 10.8. The molecule has 1 aromatic carbocycles. The number of thioether (sulfide) groups is 1. The van der Waals surface area contributed by atoms with Gasteiger partial charge in [0, 0.05) is 12.6 Å². The van der Waals surface area contributed by atoms with E-state index in [0.29, 0.717) is 6.04 Å². The highest BCUT2D eigenvalue weighted by atomic mass is 32.2. The molecule has 17 heavy (non-hydrogen) atoms. The topological polar surface area (TPSA) is 21.3 Å². The lowest BCUT2D eigenvalue weighted by Crippen LogP contribution is -2.30. The highest BCUT2D eigenvalue weighted by Crippen LogP contribution is 2.07. The molecule has 1 rings (SSSR count). The molecule has 0 saturated heterocycles. The minimum absolute atomic E-state index is 0.577. The van der Waals surface area contributed by atoms with Gasteiger partial charge in [0.2, 0.25) is 0 Å². The van der Waals surface area contributed by atoms with Gasteiger partial charge >= 0.3 is 0 Å². The Morgan fingerprint density at radius 3 is 2.76 bits per heavy atom. The highest BCUT2D eigenvalue weighted by molar-refractivity contribution is 7.99. The van der Waals surface area contributed by atoms with Crippen LogP contribution in [0.25, 0.3) is 0 Å². The smallest absolute Gasteiger partial charge is 0.119 e. The van der Waals surface area contributed by atoms with Crippen LogP contribution in [0.5, 0.6) is 5.75 Å². The molecule has 0 aliphatic heterocycles. The van der Waals surface area contributed by atoms with Crippen molar-refractivity contribution in [3.63, 3.8) is 0 Å². The summed E-state index contributed by atoms with van der Waals surface area (Å²) in [7, 11) is 0. The molecule has 0 aromatic heterocycles. The van der Waals surface area contributed by atoms with E-state index in [1.54, 1.807) is 0 Å². The van der Waals surface area contributed by atoms with Crippen molar-refractivity contribution in [1.29, 1.82) is 0 Å². The Bertz CT molecular complexity index is 279. The average Bonchev–Trinajstić information content (AvgIpc) is 2.36. The molecule has 0 radical (unpaired) electrons. The van der Waals surface area contributed by atoms with E-state index in [-0.39, 0.29) is 0 Å². The van der Waals surface area contributed by atoms with Gasteiger partial charge in [0.1, 0.15) is 12.4 Å². The van der Waals surface area contributed by atoms with Crippen LogP contribution in [0.3, 0.4) is 0 Å². The Morgan fingerprint density at radius 1 is 1.29 bits per heavy atom. The summed E-state index contributed by atoms with van der Waals surface area (Å²) in [4.78, 5) is 0. The second-order valence-corrected chi connectivity index (χ2v) is 5.40. The van der Waals surface area contributed by atoms with Crippen molar-refractivity contribution in [2.75, 3.05) is 24.7 Å². The molecular weight excluding hydrogens is 230 g/mol. The SMILES string of the molecule is CCSCCC(C)NCCOc1ccccc1. The molecule has 1 N–H and O–H groups in total. The van der Waals surface area contributed by atoms with E-state index in [9.17, 15) is 0 Å². The van der Waals surface area contributed by atoms with Gasteiger partial charge in [0.15, 0.2) is 0 Å². The van der Waals surface area contributed by atoms with Gasteiger partial charge in [-0.1, -0.05) is 25.1 Å². The number of ether oxygens (including phenoxy) is 1. The Kier molecular flexibility index (Phi) is 7.93. The van der Waals surface area contributed by atoms with Gasteiger partial charge in [0.05, 0.1) is 0 Å². The standard InChI is InChI=1S/C14H23NOS/c1-3-17-12-9-13(2)15-10-11-16-14-7-5-4-6-8-14/h4-8,13,15H,3,9-12H2,1-2H3. The number of hydrogen-bond donors (Lipinski definition) is 1. The Labute approximate surface area is 109 Å². The molecule has 3 heteroatoms. The van der Waals surface area contributed by atoms with E-state index in [2.05, 4.69) is 19.2 Å². The predicted octanol–water partition coefficient (Wildman–Crippen LogP) is 3.19. The molecule has 0 saturated carbocycles. The first kappa shape index (κ1) is 14.4. The molecule has 0 bridgehead atoms. The van der Waals surface area contributed by atoms with E-state index in [0.717, 1.165) is 18.9 Å². The second kappa shape index (κ2) is 9.37. The number of hydrogen-bond acceptors (Lipinski definition) is 3. The van der Waals surface area contributed by atoms with Crippen LogP contribution < -0.4 is 10.1 Å². The zero-order valence-corrected chi connectivity index (χ0v) is 11.6. The predicted molar refractivity (Wildman–Crippen MR) is 77.0 cm³/mol. The first-order valence-corrected chi connectivity index (χ1v) is 7.47. The molecule has 0 fully saturated rings. The molecule has 1 aromatic rings. The fraction of sp³-hybridized carbons (Fsp3) is 0.571. The summed E-state index contributed by atoms with van der Waals surface area (Å²) in [5.41, 5.74) is 0. The van der Waals surface area contributed by atoms with Gasteiger partial charge < -0.3 is 10.1 Å². The van der Waals surface area contributed by atoms with Crippen LogP contribution in [0, 0.1) is 0 Å². The quantitative estimate of drug-likeness (QED) is 0.683. The summed E-state index contributed by atoms with van der Waals surface area (Å²) in [6.07, 6.45) is 1.23. The molecule has 96 valence electrons. The van der Waals surface area contributed by atoms with Crippen LogP contribution >= 0.6 is 11.8 Å². The normalized spacial score (nSPS) is 12.4. The molecule has 0 spiro atoms. The molecule has 0 amide bonds. The van der Waals surface area contributed by atoms with Gasteiger partial charge in [-0.05, 0) is 37.0 Å². The minimum Gasteiger partial charge on any atom is -0.492 e. The van der Waals surface area contributed by atoms with E-state index >= 15 is 0 Å².